The van der Waals surface area contributed by atoms with Gasteiger partial charge in [-0.3, -0.25) is 4.79 Å². The van der Waals surface area contributed by atoms with Gasteiger partial charge in [0.15, 0.2) is 0 Å². The smallest absolute Gasteiger partial charge is 0.228 e. The van der Waals surface area contributed by atoms with Crippen LogP contribution in [-0.4, -0.2) is 5.91 Å². The molecule has 0 bridgehead atoms. The minimum Gasteiger partial charge on any atom is -0.326 e. The first-order valence-electron chi connectivity index (χ1n) is 3.24. The second kappa shape index (κ2) is 3.07. The number of amides is 1. The minimum absolute atomic E-state index is 0. The largest absolute Gasteiger partial charge is 0.326 e. The Morgan fingerprint density at radius 3 is 2.73 bits per heavy atom. The Morgan fingerprint density at radius 1 is 1.27 bits per heavy atom. The molecule has 1 radical (unpaired) electrons. The molecule has 0 spiro atoms. The first-order valence-corrected chi connectivity index (χ1v) is 3.24. The number of nitrogens with one attached hydrogen (secondary N) is 1. The van der Waals surface area contributed by atoms with Crippen LogP contribution in [0, 0.1) is 0 Å². The van der Waals surface area contributed by atoms with Crippen molar-refractivity contribution < 1.29 is 21.9 Å². The van der Waals surface area contributed by atoms with E-state index in [4.69, 9.17) is 0 Å². The Hall–Kier alpha value is -0.791. The summed E-state index contributed by atoms with van der Waals surface area (Å²) in [5.41, 5.74) is 2.07. The summed E-state index contributed by atoms with van der Waals surface area (Å²) in [6.45, 7) is 0. The van der Waals surface area contributed by atoms with Crippen LogP contribution in [-0.2, 0) is 28.3 Å². The fourth-order valence-corrected chi connectivity index (χ4v) is 1.16. The molecular formula is C8H7CuNO. The summed E-state index contributed by atoms with van der Waals surface area (Å²) in [5.74, 6) is 0.0983. The number of rotatable bonds is 0. The molecule has 0 saturated heterocycles. The van der Waals surface area contributed by atoms with Gasteiger partial charge in [0.2, 0.25) is 5.91 Å². The topological polar surface area (TPSA) is 29.1 Å². The van der Waals surface area contributed by atoms with E-state index in [-0.39, 0.29) is 23.0 Å². The van der Waals surface area contributed by atoms with E-state index < -0.39 is 0 Å². The summed E-state index contributed by atoms with van der Waals surface area (Å²) in [5, 5.41) is 2.76. The zero-order chi connectivity index (χ0) is 6.97. The number of para-hydroxylation sites is 1. The summed E-state index contributed by atoms with van der Waals surface area (Å²) < 4.78 is 0. The molecule has 61 valence electrons. The second-order valence-corrected chi connectivity index (χ2v) is 2.38. The van der Waals surface area contributed by atoms with Crippen LogP contribution in [0.15, 0.2) is 24.3 Å². The molecule has 3 heteroatoms. The zero-order valence-electron chi connectivity index (χ0n) is 5.73. The van der Waals surface area contributed by atoms with Crippen LogP contribution in [0.25, 0.3) is 0 Å². The summed E-state index contributed by atoms with van der Waals surface area (Å²) in [6, 6.07) is 7.75. The third-order valence-electron chi connectivity index (χ3n) is 1.64. The third kappa shape index (κ3) is 1.44. The fraction of sp³-hybridized carbons (Fsp3) is 0.125. The van der Waals surface area contributed by atoms with Gasteiger partial charge in [0.05, 0.1) is 6.42 Å². The van der Waals surface area contributed by atoms with Gasteiger partial charge in [-0.2, -0.15) is 0 Å². The molecule has 0 unspecified atom stereocenters. The number of carbonyl (C=O) groups excluding carboxylic acids is 1. The normalized spacial score (nSPS) is 13.3. The monoisotopic (exact) mass is 196 g/mol. The van der Waals surface area contributed by atoms with Crippen molar-refractivity contribution in [2.75, 3.05) is 5.32 Å². The van der Waals surface area contributed by atoms with E-state index in [1.807, 2.05) is 24.3 Å². The number of carbonyl (C=O) groups is 1. The molecule has 1 aliphatic heterocycles. The van der Waals surface area contributed by atoms with E-state index in [9.17, 15) is 4.79 Å². The average molecular weight is 197 g/mol. The van der Waals surface area contributed by atoms with Crippen molar-refractivity contribution in [1.29, 1.82) is 0 Å². The van der Waals surface area contributed by atoms with Crippen LogP contribution in [0.4, 0.5) is 5.69 Å². The Balaban J connectivity index is 0.000000605. The van der Waals surface area contributed by atoms with E-state index in [1.54, 1.807) is 0 Å². The first kappa shape index (κ1) is 8.31. The fourth-order valence-electron chi connectivity index (χ4n) is 1.16. The molecule has 1 aromatic rings. The van der Waals surface area contributed by atoms with Crippen molar-refractivity contribution in [3.8, 4) is 0 Å². The molecule has 1 heterocycles. The summed E-state index contributed by atoms with van der Waals surface area (Å²) in [7, 11) is 0. The van der Waals surface area contributed by atoms with Crippen LogP contribution in [0.5, 0.6) is 0 Å². The third-order valence-corrected chi connectivity index (χ3v) is 1.64. The first-order chi connectivity index (χ1) is 4.86. The van der Waals surface area contributed by atoms with Crippen LogP contribution in [0.1, 0.15) is 5.56 Å². The summed E-state index contributed by atoms with van der Waals surface area (Å²) in [4.78, 5) is 10.8. The van der Waals surface area contributed by atoms with E-state index in [2.05, 4.69) is 5.32 Å². The predicted octanol–water partition coefficient (Wildman–Crippen LogP) is 1.18. The summed E-state index contributed by atoms with van der Waals surface area (Å²) >= 11 is 0. The maximum Gasteiger partial charge on any atom is 0.228 e. The van der Waals surface area contributed by atoms with Crippen LogP contribution in [0.3, 0.4) is 0 Å². The van der Waals surface area contributed by atoms with Gasteiger partial charge >= 0.3 is 0 Å². The van der Waals surface area contributed by atoms with Gasteiger partial charge in [-0.15, -0.1) is 0 Å². The zero-order valence-corrected chi connectivity index (χ0v) is 6.67. The van der Waals surface area contributed by atoms with Gasteiger partial charge in [0.1, 0.15) is 0 Å². The van der Waals surface area contributed by atoms with Gasteiger partial charge in [-0.1, -0.05) is 18.2 Å². The minimum atomic E-state index is 0. The van der Waals surface area contributed by atoms with Gasteiger partial charge in [0, 0.05) is 22.8 Å². The van der Waals surface area contributed by atoms with Gasteiger partial charge in [0.25, 0.3) is 0 Å². The van der Waals surface area contributed by atoms with E-state index in [0.717, 1.165) is 11.3 Å². The van der Waals surface area contributed by atoms with Gasteiger partial charge in [-0.25, -0.2) is 0 Å². The molecule has 2 rings (SSSR count). The van der Waals surface area contributed by atoms with Crippen LogP contribution >= 0.6 is 0 Å². The Bertz CT molecular complexity index is 258. The maximum absolute atomic E-state index is 10.8. The van der Waals surface area contributed by atoms with Crippen molar-refractivity contribution >= 4 is 11.6 Å². The molecule has 0 saturated carbocycles. The number of fused-ring (bicyclic) bond motifs is 1. The van der Waals surface area contributed by atoms with E-state index >= 15 is 0 Å². The summed E-state index contributed by atoms with van der Waals surface area (Å²) in [6.07, 6.45) is 0.538. The van der Waals surface area contributed by atoms with Gasteiger partial charge < -0.3 is 5.32 Å². The molecule has 0 atom stereocenters. The predicted molar refractivity (Wildman–Crippen MR) is 38.8 cm³/mol. The quantitative estimate of drug-likeness (QED) is 0.621. The molecule has 0 fully saturated rings. The van der Waals surface area contributed by atoms with Gasteiger partial charge in [-0.05, 0) is 11.6 Å². The molecular weight excluding hydrogens is 190 g/mol. The Labute approximate surface area is 75.5 Å². The molecule has 0 aliphatic carbocycles. The van der Waals surface area contributed by atoms with Crippen molar-refractivity contribution in [3.63, 3.8) is 0 Å². The Kier molecular flexibility index (Phi) is 2.32. The average Bonchev–Trinajstić information content (AvgIpc) is 2.27. The SMILES string of the molecule is O=C1Cc2ccccc2N1.[Cu]. The molecule has 1 N–H and O–H groups in total. The van der Waals surface area contributed by atoms with Crippen molar-refractivity contribution in [3.05, 3.63) is 29.8 Å². The van der Waals surface area contributed by atoms with Crippen molar-refractivity contribution in [1.82, 2.24) is 0 Å². The second-order valence-electron chi connectivity index (χ2n) is 2.38. The van der Waals surface area contributed by atoms with E-state index in [0.29, 0.717) is 6.42 Å². The number of anilines is 1. The van der Waals surface area contributed by atoms with Crippen LogP contribution in [0.2, 0.25) is 0 Å². The molecule has 2 nitrogen and oxygen atoms in total. The molecule has 1 amide bonds. The maximum atomic E-state index is 10.8. The van der Waals surface area contributed by atoms with E-state index in [1.165, 1.54) is 0 Å². The molecule has 11 heavy (non-hydrogen) atoms. The molecule has 1 aliphatic rings. The van der Waals surface area contributed by atoms with Crippen LogP contribution < -0.4 is 5.32 Å². The molecule has 0 aromatic heterocycles. The standard InChI is InChI=1S/C8H7NO.Cu/c10-8-5-6-3-1-2-4-7(6)9-8;/h1-4H,5H2,(H,9,10);. The van der Waals surface area contributed by atoms with Crippen molar-refractivity contribution in [2.45, 2.75) is 6.42 Å². The molecule has 1 aromatic carbocycles. The number of hydrogen-bond donors (Lipinski definition) is 1. The Morgan fingerprint density at radius 2 is 2.00 bits per heavy atom. The number of benzene rings is 1. The number of hydrogen-bond acceptors (Lipinski definition) is 1. The van der Waals surface area contributed by atoms with Crippen molar-refractivity contribution in [2.24, 2.45) is 0 Å².